The molecular formula is C17H19N7OS. The van der Waals surface area contributed by atoms with E-state index in [9.17, 15) is 4.79 Å². The van der Waals surface area contributed by atoms with E-state index in [2.05, 4.69) is 23.8 Å². The van der Waals surface area contributed by atoms with Gasteiger partial charge < -0.3 is 14.7 Å². The average Bonchev–Trinajstić information content (AvgIpc) is 3.15. The van der Waals surface area contributed by atoms with Gasteiger partial charge in [0.15, 0.2) is 5.82 Å². The van der Waals surface area contributed by atoms with Gasteiger partial charge in [0.25, 0.3) is 5.91 Å². The largest absolute Gasteiger partial charge is 0.376 e. The van der Waals surface area contributed by atoms with Crippen LogP contribution < -0.4 is 9.80 Å². The van der Waals surface area contributed by atoms with E-state index in [4.69, 9.17) is 0 Å². The van der Waals surface area contributed by atoms with E-state index < -0.39 is 0 Å². The summed E-state index contributed by atoms with van der Waals surface area (Å²) >= 11 is 1.16. The number of anilines is 2. The number of piperazine rings is 1. The number of carbonyl (C=O) groups excluding carboxylic acids is 1. The lowest BCUT2D eigenvalue weighted by Gasteiger charge is -2.35. The Kier molecular flexibility index (Phi) is 4.37. The Labute approximate surface area is 155 Å². The van der Waals surface area contributed by atoms with E-state index in [-0.39, 0.29) is 5.91 Å². The molecule has 1 aliphatic heterocycles. The predicted octanol–water partition coefficient (Wildman–Crippen LogP) is 1.51. The highest BCUT2D eigenvalue weighted by Crippen LogP contribution is 2.20. The summed E-state index contributed by atoms with van der Waals surface area (Å²) in [5, 5.41) is 8.31. The van der Waals surface area contributed by atoms with Gasteiger partial charge in [0.05, 0.1) is 23.6 Å². The van der Waals surface area contributed by atoms with Crippen LogP contribution in [0.1, 0.15) is 10.4 Å². The number of fused-ring (bicyclic) bond motifs is 1. The third-order valence-electron chi connectivity index (χ3n) is 4.54. The fourth-order valence-corrected chi connectivity index (χ4v) is 3.50. The molecule has 4 rings (SSSR count). The molecule has 0 radical (unpaired) electrons. The van der Waals surface area contributed by atoms with Crippen molar-refractivity contribution in [2.45, 2.75) is 0 Å². The Hall–Kier alpha value is -2.81. The molecule has 134 valence electrons. The molecule has 3 aromatic rings. The molecule has 0 aliphatic carbocycles. The van der Waals surface area contributed by atoms with E-state index in [0.29, 0.717) is 18.7 Å². The van der Waals surface area contributed by atoms with Crippen LogP contribution in [0.2, 0.25) is 0 Å². The molecule has 1 aromatic carbocycles. The quantitative estimate of drug-likeness (QED) is 0.692. The second kappa shape index (κ2) is 6.83. The van der Waals surface area contributed by atoms with Crippen LogP contribution >= 0.6 is 11.7 Å². The van der Waals surface area contributed by atoms with E-state index >= 15 is 0 Å². The van der Waals surface area contributed by atoms with Gasteiger partial charge in [-0.15, -0.1) is 5.10 Å². The molecule has 1 fully saturated rings. The van der Waals surface area contributed by atoms with E-state index in [0.717, 1.165) is 47.4 Å². The Morgan fingerprint density at radius 2 is 1.85 bits per heavy atom. The van der Waals surface area contributed by atoms with Crippen LogP contribution in [0.5, 0.6) is 0 Å². The van der Waals surface area contributed by atoms with Gasteiger partial charge in [-0.1, -0.05) is 0 Å². The summed E-state index contributed by atoms with van der Waals surface area (Å²) in [5.41, 5.74) is 3.28. The minimum absolute atomic E-state index is 0.0349. The lowest BCUT2D eigenvalue weighted by molar-refractivity contribution is 0.0746. The third kappa shape index (κ3) is 3.17. The average molecular weight is 369 g/mol. The second-order valence-electron chi connectivity index (χ2n) is 6.41. The normalized spacial score (nSPS) is 14.7. The summed E-state index contributed by atoms with van der Waals surface area (Å²) in [7, 11) is 3.96. The van der Waals surface area contributed by atoms with Gasteiger partial charge >= 0.3 is 0 Å². The SMILES string of the molecule is CN(C)c1cnnc(N2CCN(C(=O)c3ccc4nsnc4c3)CC2)c1. The number of benzene rings is 1. The van der Waals surface area contributed by atoms with E-state index in [1.54, 1.807) is 6.20 Å². The van der Waals surface area contributed by atoms with Crippen molar-refractivity contribution in [3.05, 3.63) is 36.0 Å². The molecule has 1 amide bonds. The number of amides is 1. The molecule has 0 saturated carbocycles. The van der Waals surface area contributed by atoms with Gasteiger partial charge in [-0.25, -0.2) is 0 Å². The highest BCUT2D eigenvalue weighted by Gasteiger charge is 2.23. The Balaban J connectivity index is 1.44. The molecule has 0 atom stereocenters. The van der Waals surface area contributed by atoms with Crippen LogP contribution in [-0.4, -0.2) is 70.0 Å². The maximum Gasteiger partial charge on any atom is 0.254 e. The molecule has 26 heavy (non-hydrogen) atoms. The molecular weight excluding hydrogens is 350 g/mol. The number of hydrogen-bond donors (Lipinski definition) is 0. The zero-order valence-electron chi connectivity index (χ0n) is 14.7. The maximum atomic E-state index is 12.8. The molecule has 1 saturated heterocycles. The van der Waals surface area contributed by atoms with Gasteiger partial charge in [0.1, 0.15) is 11.0 Å². The first-order valence-electron chi connectivity index (χ1n) is 8.38. The first-order valence-corrected chi connectivity index (χ1v) is 9.11. The molecule has 0 unspecified atom stereocenters. The third-order valence-corrected chi connectivity index (χ3v) is 5.09. The maximum absolute atomic E-state index is 12.8. The monoisotopic (exact) mass is 369 g/mol. The minimum atomic E-state index is 0.0349. The van der Waals surface area contributed by atoms with Crippen LogP contribution in [0.3, 0.4) is 0 Å². The van der Waals surface area contributed by atoms with Gasteiger partial charge in [0, 0.05) is 51.9 Å². The standard InChI is InChI=1S/C17H19N7OS/c1-22(2)13-10-16(19-18-11-13)23-5-7-24(8-6-23)17(25)12-3-4-14-15(9-12)21-26-20-14/h3-4,9-11H,5-8H2,1-2H3. The number of hydrogen-bond acceptors (Lipinski definition) is 8. The van der Waals surface area contributed by atoms with Crippen LogP contribution in [-0.2, 0) is 0 Å². The number of aromatic nitrogens is 4. The van der Waals surface area contributed by atoms with Gasteiger partial charge in [-0.05, 0) is 18.2 Å². The Morgan fingerprint density at radius 1 is 1.08 bits per heavy atom. The van der Waals surface area contributed by atoms with E-state index in [1.807, 2.05) is 48.2 Å². The van der Waals surface area contributed by atoms with Crippen LogP contribution in [0.4, 0.5) is 11.5 Å². The topological polar surface area (TPSA) is 78.4 Å². The van der Waals surface area contributed by atoms with Crippen molar-refractivity contribution in [1.82, 2.24) is 23.8 Å². The fourth-order valence-electron chi connectivity index (χ4n) is 2.98. The van der Waals surface area contributed by atoms with Crippen molar-refractivity contribution in [2.75, 3.05) is 50.1 Å². The number of rotatable bonds is 3. The molecule has 0 bridgehead atoms. The summed E-state index contributed by atoms with van der Waals surface area (Å²) < 4.78 is 8.39. The van der Waals surface area contributed by atoms with Crippen molar-refractivity contribution in [2.24, 2.45) is 0 Å². The molecule has 3 heterocycles. The van der Waals surface area contributed by atoms with E-state index in [1.165, 1.54) is 0 Å². The van der Waals surface area contributed by atoms with Crippen molar-refractivity contribution in [1.29, 1.82) is 0 Å². The second-order valence-corrected chi connectivity index (χ2v) is 6.94. The molecule has 2 aromatic heterocycles. The van der Waals surface area contributed by atoms with Crippen LogP contribution in [0.15, 0.2) is 30.5 Å². The summed E-state index contributed by atoms with van der Waals surface area (Å²) in [6.45, 7) is 2.77. The van der Waals surface area contributed by atoms with Crippen LogP contribution in [0.25, 0.3) is 11.0 Å². The smallest absolute Gasteiger partial charge is 0.254 e. The summed E-state index contributed by atoms with van der Waals surface area (Å²) in [6.07, 6.45) is 1.74. The highest BCUT2D eigenvalue weighted by molar-refractivity contribution is 7.00. The van der Waals surface area contributed by atoms with Gasteiger partial charge in [-0.2, -0.15) is 13.8 Å². The molecule has 0 spiro atoms. The van der Waals surface area contributed by atoms with Crippen molar-refractivity contribution in [3.8, 4) is 0 Å². The lowest BCUT2D eigenvalue weighted by atomic mass is 10.1. The van der Waals surface area contributed by atoms with Crippen molar-refractivity contribution < 1.29 is 4.79 Å². The summed E-state index contributed by atoms with van der Waals surface area (Å²) in [6, 6.07) is 7.52. The number of carbonyl (C=O) groups is 1. The van der Waals surface area contributed by atoms with Crippen molar-refractivity contribution in [3.63, 3.8) is 0 Å². The number of nitrogens with zero attached hydrogens (tertiary/aromatic N) is 7. The molecule has 1 aliphatic rings. The summed E-state index contributed by atoms with van der Waals surface area (Å²) in [4.78, 5) is 18.8. The highest BCUT2D eigenvalue weighted by atomic mass is 32.1. The van der Waals surface area contributed by atoms with Crippen LogP contribution in [0, 0.1) is 0 Å². The fraction of sp³-hybridized carbons (Fsp3) is 0.353. The zero-order valence-corrected chi connectivity index (χ0v) is 15.5. The molecule has 0 N–H and O–H groups in total. The van der Waals surface area contributed by atoms with Crippen molar-refractivity contribution >= 4 is 40.2 Å². The zero-order chi connectivity index (χ0) is 18.1. The summed E-state index contributed by atoms with van der Waals surface area (Å²) in [5.74, 6) is 0.881. The Bertz CT molecular complexity index is 934. The van der Waals surface area contributed by atoms with Gasteiger partial charge in [-0.3, -0.25) is 4.79 Å². The molecule has 9 heteroatoms. The first kappa shape index (κ1) is 16.6. The first-order chi connectivity index (χ1) is 12.6. The minimum Gasteiger partial charge on any atom is -0.376 e. The molecule has 8 nitrogen and oxygen atoms in total. The van der Waals surface area contributed by atoms with Gasteiger partial charge in [0.2, 0.25) is 0 Å². The lowest BCUT2D eigenvalue weighted by Crippen LogP contribution is -2.49. The Morgan fingerprint density at radius 3 is 2.62 bits per heavy atom. The predicted molar refractivity (Wildman–Crippen MR) is 102 cm³/mol.